The minimum absolute atomic E-state index is 0.505. The Kier molecular flexibility index (Phi) is 2.60. The average molecular weight is 217 g/mol. The van der Waals surface area contributed by atoms with Gasteiger partial charge in [-0.25, -0.2) is 0 Å². The first-order valence-electron chi connectivity index (χ1n) is 6.32. The monoisotopic (exact) mass is 217 g/mol. The second kappa shape index (κ2) is 4.10. The maximum Gasteiger partial charge on any atom is 0.124 e. The molecule has 1 unspecified atom stereocenters. The molecular weight excluding hydrogens is 198 g/mol. The first-order chi connectivity index (χ1) is 7.83. The van der Waals surface area contributed by atoms with Gasteiger partial charge in [0.1, 0.15) is 5.75 Å². The fourth-order valence-electron chi connectivity index (χ4n) is 2.39. The second-order valence-electron chi connectivity index (χ2n) is 5.03. The summed E-state index contributed by atoms with van der Waals surface area (Å²) in [4.78, 5) is 0. The molecule has 1 N–H and O–H groups in total. The van der Waals surface area contributed by atoms with Crippen LogP contribution in [0.4, 0.5) is 0 Å². The van der Waals surface area contributed by atoms with E-state index in [-0.39, 0.29) is 0 Å². The molecule has 1 aromatic carbocycles. The summed E-state index contributed by atoms with van der Waals surface area (Å²) in [5.41, 5.74) is 2.64. The lowest BCUT2D eigenvalue weighted by Crippen LogP contribution is -2.23. The number of ether oxygens (including phenoxy) is 1. The van der Waals surface area contributed by atoms with Crippen molar-refractivity contribution < 1.29 is 4.74 Å². The van der Waals surface area contributed by atoms with Gasteiger partial charge >= 0.3 is 0 Å². The highest BCUT2D eigenvalue weighted by Gasteiger charge is 2.27. The highest BCUT2D eigenvalue weighted by Crippen LogP contribution is 2.34. The minimum atomic E-state index is 0.505. The predicted octanol–water partition coefficient (Wildman–Crippen LogP) is 2.96. The summed E-state index contributed by atoms with van der Waals surface area (Å²) in [6.45, 7) is 2.98. The number of fused-ring (bicyclic) bond motifs is 1. The van der Waals surface area contributed by atoms with E-state index in [4.69, 9.17) is 4.74 Å². The Morgan fingerprint density at radius 3 is 2.94 bits per heavy atom. The second-order valence-corrected chi connectivity index (χ2v) is 5.03. The van der Waals surface area contributed by atoms with Crippen LogP contribution in [0.1, 0.15) is 42.9 Å². The molecule has 0 saturated heterocycles. The Labute approximate surface area is 97.0 Å². The molecule has 2 heteroatoms. The largest absolute Gasteiger partial charge is 0.493 e. The molecule has 2 nitrogen and oxygen atoms in total. The van der Waals surface area contributed by atoms with Crippen molar-refractivity contribution in [2.75, 3.05) is 6.61 Å². The van der Waals surface area contributed by atoms with Crippen LogP contribution in [0.5, 0.6) is 5.75 Å². The van der Waals surface area contributed by atoms with Crippen molar-refractivity contribution in [2.45, 2.75) is 44.7 Å². The third-order valence-electron chi connectivity index (χ3n) is 3.45. The Morgan fingerprint density at radius 2 is 2.12 bits per heavy atom. The van der Waals surface area contributed by atoms with Gasteiger partial charge in [-0.1, -0.05) is 12.1 Å². The van der Waals surface area contributed by atoms with Gasteiger partial charge in [0.05, 0.1) is 6.61 Å². The molecule has 86 valence electrons. The van der Waals surface area contributed by atoms with Crippen LogP contribution in [0.2, 0.25) is 0 Å². The number of hydrogen-bond donors (Lipinski definition) is 1. The predicted molar refractivity (Wildman–Crippen MR) is 64.8 cm³/mol. The zero-order valence-electron chi connectivity index (χ0n) is 9.83. The lowest BCUT2D eigenvalue weighted by atomic mass is 10.0. The quantitative estimate of drug-likeness (QED) is 0.822. The summed E-state index contributed by atoms with van der Waals surface area (Å²) < 4.78 is 5.82. The topological polar surface area (TPSA) is 21.3 Å². The molecule has 3 rings (SSSR count). The van der Waals surface area contributed by atoms with Crippen molar-refractivity contribution >= 4 is 0 Å². The van der Waals surface area contributed by atoms with Gasteiger partial charge in [0.2, 0.25) is 0 Å². The molecule has 1 aliphatic carbocycles. The van der Waals surface area contributed by atoms with Crippen LogP contribution in [0.15, 0.2) is 18.2 Å². The average Bonchev–Trinajstić information content (AvgIpc) is 3.07. The third kappa shape index (κ3) is 2.07. The van der Waals surface area contributed by atoms with Crippen LogP contribution in [0.3, 0.4) is 0 Å². The Hall–Kier alpha value is -1.02. The van der Waals surface area contributed by atoms with Crippen LogP contribution in [0.25, 0.3) is 0 Å². The van der Waals surface area contributed by atoms with Crippen LogP contribution < -0.4 is 10.1 Å². The maximum atomic E-state index is 5.82. The van der Waals surface area contributed by atoms with Crippen molar-refractivity contribution in [2.24, 2.45) is 0 Å². The first-order valence-corrected chi connectivity index (χ1v) is 6.32. The van der Waals surface area contributed by atoms with Gasteiger partial charge < -0.3 is 10.1 Å². The number of nitrogens with one attached hydrogen (secondary N) is 1. The van der Waals surface area contributed by atoms with E-state index in [0.29, 0.717) is 6.04 Å². The van der Waals surface area contributed by atoms with Gasteiger partial charge in [-0.15, -0.1) is 0 Å². The molecule has 1 aromatic rings. The molecule has 1 heterocycles. The van der Waals surface area contributed by atoms with Crippen LogP contribution in [0, 0.1) is 6.92 Å². The highest BCUT2D eigenvalue weighted by molar-refractivity contribution is 5.40. The molecule has 2 aliphatic rings. The standard InChI is InChI=1S/C14H19NO/c1-10-4-7-12-13(15-11-5-6-11)3-2-8-16-14(12)9-10/h4,7,9,11,13,15H,2-3,5-6,8H2,1H3. The molecule has 0 amide bonds. The van der Waals surface area contributed by atoms with Crippen molar-refractivity contribution in [3.05, 3.63) is 29.3 Å². The van der Waals surface area contributed by atoms with Crippen molar-refractivity contribution in [3.63, 3.8) is 0 Å². The summed E-state index contributed by atoms with van der Waals surface area (Å²) in [7, 11) is 0. The number of benzene rings is 1. The number of aryl methyl sites for hydroxylation is 1. The van der Waals surface area contributed by atoms with Crippen molar-refractivity contribution in [3.8, 4) is 5.75 Å². The van der Waals surface area contributed by atoms with Crippen LogP contribution in [-0.2, 0) is 0 Å². The van der Waals surface area contributed by atoms with Gasteiger partial charge in [0.15, 0.2) is 0 Å². The first kappa shape index (κ1) is 10.2. The van der Waals surface area contributed by atoms with E-state index in [1.807, 2.05) is 0 Å². The summed E-state index contributed by atoms with van der Waals surface area (Å²) >= 11 is 0. The lowest BCUT2D eigenvalue weighted by molar-refractivity contribution is 0.315. The molecule has 0 spiro atoms. The maximum absolute atomic E-state index is 5.82. The van der Waals surface area contributed by atoms with Gasteiger partial charge in [-0.05, 0) is 44.2 Å². The Bertz CT molecular complexity index is 384. The van der Waals surface area contributed by atoms with E-state index >= 15 is 0 Å². The lowest BCUT2D eigenvalue weighted by Gasteiger charge is -2.18. The zero-order valence-corrected chi connectivity index (χ0v) is 9.83. The minimum Gasteiger partial charge on any atom is -0.493 e. The molecule has 1 fully saturated rings. The molecule has 0 aromatic heterocycles. The molecule has 1 saturated carbocycles. The summed E-state index contributed by atoms with van der Waals surface area (Å²) in [6.07, 6.45) is 5.04. The van der Waals surface area contributed by atoms with E-state index in [9.17, 15) is 0 Å². The summed E-state index contributed by atoms with van der Waals surface area (Å²) in [5.74, 6) is 1.09. The molecule has 1 atom stereocenters. The van der Waals surface area contributed by atoms with Crippen molar-refractivity contribution in [1.29, 1.82) is 0 Å². The third-order valence-corrected chi connectivity index (χ3v) is 3.45. The number of rotatable bonds is 2. The Balaban J connectivity index is 1.89. The molecular formula is C14H19NO. The molecule has 0 radical (unpaired) electrons. The SMILES string of the molecule is Cc1ccc2c(c1)OCCCC2NC1CC1. The molecule has 16 heavy (non-hydrogen) atoms. The zero-order chi connectivity index (χ0) is 11.0. The van der Waals surface area contributed by atoms with E-state index in [2.05, 4.69) is 30.4 Å². The normalized spacial score (nSPS) is 24.4. The molecule has 1 aliphatic heterocycles. The summed E-state index contributed by atoms with van der Waals surface area (Å²) in [6, 6.07) is 7.86. The van der Waals surface area contributed by atoms with Gasteiger partial charge in [0.25, 0.3) is 0 Å². The van der Waals surface area contributed by atoms with Crippen LogP contribution in [-0.4, -0.2) is 12.6 Å². The highest BCUT2D eigenvalue weighted by atomic mass is 16.5. The van der Waals surface area contributed by atoms with E-state index in [0.717, 1.165) is 24.8 Å². The van der Waals surface area contributed by atoms with Crippen molar-refractivity contribution in [1.82, 2.24) is 5.32 Å². The molecule has 0 bridgehead atoms. The Morgan fingerprint density at radius 1 is 1.25 bits per heavy atom. The van der Waals surface area contributed by atoms with Gasteiger partial charge in [-0.2, -0.15) is 0 Å². The van der Waals surface area contributed by atoms with Gasteiger partial charge in [0, 0.05) is 17.6 Å². The van der Waals surface area contributed by atoms with Crippen LogP contribution >= 0.6 is 0 Å². The fraction of sp³-hybridized carbons (Fsp3) is 0.571. The van der Waals surface area contributed by atoms with Gasteiger partial charge in [-0.3, -0.25) is 0 Å². The van der Waals surface area contributed by atoms with E-state index in [1.165, 1.54) is 30.4 Å². The number of hydrogen-bond acceptors (Lipinski definition) is 2. The fourth-order valence-corrected chi connectivity index (χ4v) is 2.39. The van der Waals surface area contributed by atoms with E-state index < -0.39 is 0 Å². The van der Waals surface area contributed by atoms with E-state index in [1.54, 1.807) is 0 Å². The smallest absolute Gasteiger partial charge is 0.124 e. The summed E-state index contributed by atoms with van der Waals surface area (Å²) in [5, 5.41) is 3.73.